The molecule has 124 valence electrons. The van der Waals surface area contributed by atoms with Crippen molar-refractivity contribution < 1.29 is 9.21 Å². The van der Waals surface area contributed by atoms with E-state index in [2.05, 4.69) is 15.5 Å². The van der Waals surface area contributed by atoms with Crippen LogP contribution in [0.5, 0.6) is 0 Å². The summed E-state index contributed by atoms with van der Waals surface area (Å²) in [4.78, 5) is 12.1. The number of hydrogen-bond donors (Lipinski definition) is 1. The van der Waals surface area contributed by atoms with Gasteiger partial charge in [-0.25, -0.2) is 0 Å². The van der Waals surface area contributed by atoms with Crippen LogP contribution in [0, 0.1) is 13.8 Å². The number of carbonyl (C=O) groups is 1. The minimum absolute atomic E-state index is 0.0744. The lowest BCUT2D eigenvalue weighted by Gasteiger charge is -2.06. The molecule has 6 nitrogen and oxygen atoms in total. The van der Waals surface area contributed by atoms with Gasteiger partial charge in [-0.15, -0.1) is 10.2 Å². The maximum absolute atomic E-state index is 12.1. The van der Waals surface area contributed by atoms with E-state index < -0.39 is 0 Å². The first-order valence-electron chi connectivity index (χ1n) is 7.48. The molecule has 0 fully saturated rings. The minimum atomic E-state index is -0.0744. The fraction of sp³-hybridized carbons (Fsp3) is 0.235. The second kappa shape index (κ2) is 6.92. The van der Waals surface area contributed by atoms with E-state index in [1.54, 1.807) is 6.26 Å². The van der Waals surface area contributed by atoms with Crippen LogP contribution in [0.4, 0.5) is 5.69 Å². The molecule has 7 heteroatoms. The van der Waals surface area contributed by atoms with Crippen molar-refractivity contribution in [2.75, 3.05) is 11.1 Å². The number of aromatic nitrogens is 3. The molecule has 0 aliphatic carbocycles. The van der Waals surface area contributed by atoms with Crippen molar-refractivity contribution in [1.29, 1.82) is 0 Å². The Kier molecular flexibility index (Phi) is 4.71. The van der Waals surface area contributed by atoms with Gasteiger partial charge in [-0.2, -0.15) is 0 Å². The van der Waals surface area contributed by atoms with Crippen molar-refractivity contribution in [2.45, 2.75) is 19.0 Å². The predicted molar refractivity (Wildman–Crippen MR) is 94.0 cm³/mol. The predicted octanol–water partition coefficient (Wildman–Crippen LogP) is 3.42. The monoisotopic (exact) mass is 342 g/mol. The van der Waals surface area contributed by atoms with E-state index in [0.717, 1.165) is 28.4 Å². The zero-order valence-electron chi connectivity index (χ0n) is 13.7. The second-order valence-electron chi connectivity index (χ2n) is 5.46. The molecule has 0 saturated carbocycles. The van der Waals surface area contributed by atoms with Gasteiger partial charge in [-0.05, 0) is 37.6 Å². The van der Waals surface area contributed by atoms with Crippen LogP contribution in [0.3, 0.4) is 0 Å². The molecule has 0 unspecified atom stereocenters. The van der Waals surface area contributed by atoms with Crippen LogP contribution >= 0.6 is 11.8 Å². The summed E-state index contributed by atoms with van der Waals surface area (Å²) in [5.41, 5.74) is 2.81. The molecule has 1 N–H and O–H groups in total. The van der Waals surface area contributed by atoms with Crippen molar-refractivity contribution in [2.24, 2.45) is 7.05 Å². The van der Waals surface area contributed by atoms with E-state index in [-0.39, 0.29) is 11.7 Å². The van der Waals surface area contributed by atoms with Crippen LogP contribution in [0.1, 0.15) is 11.3 Å². The van der Waals surface area contributed by atoms with E-state index in [9.17, 15) is 4.79 Å². The molecule has 0 aliphatic heterocycles. The normalized spacial score (nSPS) is 10.8. The Bertz CT molecular complexity index is 869. The molecule has 2 heterocycles. The number of carbonyl (C=O) groups excluding carboxylic acids is 1. The maximum atomic E-state index is 12.1. The molecule has 0 radical (unpaired) electrons. The van der Waals surface area contributed by atoms with Gasteiger partial charge in [0.1, 0.15) is 5.76 Å². The number of aryl methyl sites for hydroxylation is 2. The van der Waals surface area contributed by atoms with Crippen LogP contribution in [-0.4, -0.2) is 26.4 Å². The summed E-state index contributed by atoms with van der Waals surface area (Å²) < 4.78 is 7.17. The quantitative estimate of drug-likeness (QED) is 0.719. The number of thioether (sulfide) groups is 1. The van der Waals surface area contributed by atoms with Gasteiger partial charge >= 0.3 is 0 Å². The molecular formula is C17H18N4O2S. The number of furan rings is 1. The van der Waals surface area contributed by atoms with E-state index >= 15 is 0 Å². The fourth-order valence-electron chi connectivity index (χ4n) is 2.34. The standard InChI is InChI=1S/C17H18N4O2S/c1-11-5-4-6-13(9-11)18-15(22)10-24-17-20-19-16(21(17)3)14-7-8-23-12(14)2/h4-9H,10H2,1-3H3,(H,18,22). The second-order valence-corrected chi connectivity index (χ2v) is 6.40. The Morgan fingerprint density at radius 3 is 2.83 bits per heavy atom. The van der Waals surface area contributed by atoms with Gasteiger partial charge in [-0.3, -0.25) is 4.79 Å². The number of anilines is 1. The van der Waals surface area contributed by atoms with Gasteiger partial charge in [0.2, 0.25) is 5.91 Å². The van der Waals surface area contributed by atoms with E-state index in [1.165, 1.54) is 11.8 Å². The van der Waals surface area contributed by atoms with E-state index in [4.69, 9.17) is 4.42 Å². The third-order valence-corrected chi connectivity index (χ3v) is 4.59. The number of rotatable bonds is 5. The molecule has 2 aromatic heterocycles. The Balaban J connectivity index is 1.64. The van der Waals surface area contributed by atoms with Gasteiger partial charge in [0.15, 0.2) is 11.0 Å². The SMILES string of the molecule is Cc1cccc(NC(=O)CSc2nnc(-c3ccoc3C)n2C)c1. The first-order valence-corrected chi connectivity index (χ1v) is 8.46. The van der Waals surface area contributed by atoms with Gasteiger partial charge in [0.05, 0.1) is 17.6 Å². The minimum Gasteiger partial charge on any atom is -0.469 e. The molecule has 0 aliphatic rings. The highest BCUT2D eigenvalue weighted by atomic mass is 32.2. The van der Waals surface area contributed by atoms with E-state index in [1.807, 2.05) is 55.8 Å². The average Bonchev–Trinajstić information content (AvgIpc) is 3.11. The molecule has 3 aromatic rings. The lowest BCUT2D eigenvalue weighted by molar-refractivity contribution is -0.113. The number of hydrogen-bond acceptors (Lipinski definition) is 5. The third-order valence-electron chi connectivity index (χ3n) is 3.57. The number of nitrogens with one attached hydrogen (secondary N) is 1. The highest BCUT2D eigenvalue weighted by molar-refractivity contribution is 7.99. The highest BCUT2D eigenvalue weighted by Crippen LogP contribution is 2.25. The molecule has 1 amide bonds. The zero-order chi connectivity index (χ0) is 17.1. The third kappa shape index (κ3) is 3.51. The number of nitrogens with zero attached hydrogens (tertiary/aromatic N) is 3. The maximum Gasteiger partial charge on any atom is 0.234 e. The molecule has 0 saturated heterocycles. The van der Waals surface area contributed by atoms with Crippen molar-refractivity contribution >= 4 is 23.4 Å². The summed E-state index contributed by atoms with van der Waals surface area (Å²) in [5, 5.41) is 11.9. The summed E-state index contributed by atoms with van der Waals surface area (Å²) >= 11 is 1.35. The van der Waals surface area contributed by atoms with Gasteiger partial charge in [-0.1, -0.05) is 23.9 Å². The summed E-state index contributed by atoms with van der Waals surface area (Å²) in [5.74, 6) is 1.71. The first-order chi connectivity index (χ1) is 11.5. The topological polar surface area (TPSA) is 73.0 Å². The van der Waals surface area contributed by atoms with Crippen LogP contribution in [0.15, 0.2) is 46.2 Å². The Morgan fingerprint density at radius 2 is 2.12 bits per heavy atom. The van der Waals surface area contributed by atoms with Crippen molar-refractivity contribution in [3.8, 4) is 11.4 Å². The summed E-state index contributed by atoms with van der Waals surface area (Å²) in [6.45, 7) is 3.87. The molecule has 3 rings (SSSR count). The summed E-state index contributed by atoms with van der Waals surface area (Å²) in [6, 6.07) is 9.57. The van der Waals surface area contributed by atoms with Crippen LogP contribution in [0.2, 0.25) is 0 Å². The van der Waals surface area contributed by atoms with Gasteiger partial charge in [0.25, 0.3) is 0 Å². The van der Waals surface area contributed by atoms with Gasteiger partial charge < -0.3 is 14.3 Å². The lowest BCUT2D eigenvalue weighted by Crippen LogP contribution is -2.14. The van der Waals surface area contributed by atoms with Crippen LogP contribution < -0.4 is 5.32 Å². The molecule has 0 bridgehead atoms. The largest absolute Gasteiger partial charge is 0.469 e. The number of benzene rings is 1. The van der Waals surface area contributed by atoms with Crippen molar-refractivity contribution in [3.63, 3.8) is 0 Å². The highest BCUT2D eigenvalue weighted by Gasteiger charge is 2.15. The molecule has 0 atom stereocenters. The van der Waals surface area contributed by atoms with Gasteiger partial charge in [0, 0.05) is 12.7 Å². The lowest BCUT2D eigenvalue weighted by atomic mass is 10.2. The number of amides is 1. The average molecular weight is 342 g/mol. The summed E-state index contributed by atoms with van der Waals surface area (Å²) in [7, 11) is 1.88. The Morgan fingerprint density at radius 1 is 1.29 bits per heavy atom. The molecule has 1 aromatic carbocycles. The smallest absolute Gasteiger partial charge is 0.234 e. The fourth-order valence-corrected chi connectivity index (χ4v) is 3.05. The van der Waals surface area contributed by atoms with Crippen molar-refractivity contribution in [1.82, 2.24) is 14.8 Å². The zero-order valence-corrected chi connectivity index (χ0v) is 14.6. The molecule has 0 spiro atoms. The summed E-state index contributed by atoms with van der Waals surface area (Å²) in [6.07, 6.45) is 1.63. The first kappa shape index (κ1) is 16.3. The molecular weight excluding hydrogens is 324 g/mol. The van der Waals surface area contributed by atoms with E-state index in [0.29, 0.717) is 5.16 Å². The Hall–Kier alpha value is -2.54. The van der Waals surface area contributed by atoms with Crippen LogP contribution in [-0.2, 0) is 11.8 Å². The van der Waals surface area contributed by atoms with Crippen molar-refractivity contribution in [3.05, 3.63) is 47.9 Å². The van der Waals surface area contributed by atoms with Crippen LogP contribution in [0.25, 0.3) is 11.4 Å². The Labute approximate surface area is 144 Å². The molecule has 24 heavy (non-hydrogen) atoms.